The van der Waals surface area contributed by atoms with Gasteiger partial charge in [0.05, 0.1) is 0 Å². The third-order valence-corrected chi connectivity index (χ3v) is 2.86. The molecule has 1 atom stereocenters. The van der Waals surface area contributed by atoms with Gasteiger partial charge in [0.15, 0.2) is 6.10 Å². The van der Waals surface area contributed by atoms with Crippen LogP contribution in [-0.2, 0) is 11.3 Å². The van der Waals surface area contributed by atoms with Crippen molar-refractivity contribution in [1.29, 1.82) is 0 Å². The molecule has 1 amide bonds. The molecule has 2 aromatic carbocycles. The van der Waals surface area contributed by atoms with Crippen molar-refractivity contribution in [3.8, 4) is 5.75 Å². The second kappa shape index (κ2) is 6.73. The molecule has 0 saturated carbocycles. The van der Waals surface area contributed by atoms with Gasteiger partial charge in [0, 0.05) is 12.2 Å². The molecular weight excluding hydrogens is 252 g/mol. The summed E-state index contributed by atoms with van der Waals surface area (Å²) in [6, 6.07) is 16.7. The molecule has 0 heterocycles. The average molecular weight is 270 g/mol. The van der Waals surface area contributed by atoms with Gasteiger partial charge in [-0.25, -0.2) is 0 Å². The lowest BCUT2D eigenvalue weighted by Gasteiger charge is -2.15. The van der Waals surface area contributed by atoms with Crippen LogP contribution in [0.4, 0.5) is 5.69 Å². The molecule has 0 spiro atoms. The second-order valence-electron chi connectivity index (χ2n) is 4.47. The smallest absolute Gasteiger partial charge is 0.265 e. The predicted octanol–water partition coefficient (Wildman–Crippen LogP) is 2.55. The van der Waals surface area contributed by atoms with Crippen LogP contribution >= 0.6 is 0 Å². The first-order chi connectivity index (χ1) is 9.69. The van der Waals surface area contributed by atoms with Gasteiger partial charge in [-0.1, -0.05) is 30.3 Å². The van der Waals surface area contributed by atoms with E-state index in [1.54, 1.807) is 6.92 Å². The summed E-state index contributed by atoms with van der Waals surface area (Å²) < 4.78 is 5.57. The zero-order valence-corrected chi connectivity index (χ0v) is 11.4. The lowest BCUT2D eigenvalue weighted by atomic mass is 10.2. The number of benzene rings is 2. The highest BCUT2D eigenvalue weighted by Crippen LogP contribution is 2.13. The summed E-state index contributed by atoms with van der Waals surface area (Å²) in [4.78, 5) is 12.0. The Labute approximate surface area is 118 Å². The van der Waals surface area contributed by atoms with Crippen LogP contribution in [0.15, 0.2) is 54.6 Å². The third kappa shape index (κ3) is 3.83. The van der Waals surface area contributed by atoms with Crippen LogP contribution in [0.3, 0.4) is 0 Å². The van der Waals surface area contributed by atoms with E-state index in [0.29, 0.717) is 12.3 Å². The number of carbonyl (C=O) groups excluding carboxylic acids is 1. The summed E-state index contributed by atoms with van der Waals surface area (Å²) in [5.41, 5.74) is 7.27. The summed E-state index contributed by atoms with van der Waals surface area (Å²) >= 11 is 0. The number of carbonyl (C=O) groups is 1. The lowest BCUT2D eigenvalue weighted by Crippen LogP contribution is -2.30. The number of anilines is 1. The molecule has 104 valence electrons. The first-order valence-electron chi connectivity index (χ1n) is 6.50. The van der Waals surface area contributed by atoms with Gasteiger partial charge in [0.1, 0.15) is 5.75 Å². The van der Waals surface area contributed by atoms with Gasteiger partial charge in [0.2, 0.25) is 0 Å². The molecule has 0 fully saturated rings. The fourth-order valence-electron chi connectivity index (χ4n) is 1.78. The molecule has 0 aliphatic rings. The van der Waals surface area contributed by atoms with Gasteiger partial charge in [-0.2, -0.15) is 0 Å². The first-order valence-corrected chi connectivity index (χ1v) is 6.50. The number of para-hydroxylation sites is 1. The molecule has 0 bridgehead atoms. The van der Waals surface area contributed by atoms with E-state index in [1.807, 2.05) is 54.6 Å². The summed E-state index contributed by atoms with van der Waals surface area (Å²) in [5, 5.41) is 2.82. The molecule has 0 saturated heterocycles. The molecule has 3 N–H and O–H groups in total. The van der Waals surface area contributed by atoms with Crippen molar-refractivity contribution in [2.24, 2.45) is 5.73 Å². The Kier molecular flexibility index (Phi) is 4.74. The number of ether oxygens (including phenoxy) is 1. The van der Waals surface area contributed by atoms with Crippen LogP contribution in [0.1, 0.15) is 12.5 Å². The maximum absolute atomic E-state index is 12.0. The Hall–Kier alpha value is -2.33. The molecular formula is C16H18N2O2. The van der Waals surface area contributed by atoms with Gasteiger partial charge in [-0.15, -0.1) is 0 Å². The van der Waals surface area contributed by atoms with E-state index in [0.717, 1.165) is 11.3 Å². The SMILES string of the molecule is CC(Oc1ccccc1)C(=O)Nc1cccc(CN)c1. The molecule has 4 heteroatoms. The Bertz CT molecular complexity index is 570. The molecule has 4 nitrogen and oxygen atoms in total. The van der Waals surface area contributed by atoms with Crippen LogP contribution < -0.4 is 15.8 Å². The number of hydrogen-bond donors (Lipinski definition) is 2. The highest BCUT2D eigenvalue weighted by molar-refractivity contribution is 5.94. The van der Waals surface area contributed by atoms with E-state index in [4.69, 9.17) is 10.5 Å². The van der Waals surface area contributed by atoms with Crippen molar-refractivity contribution < 1.29 is 9.53 Å². The molecule has 2 aromatic rings. The minimum absolute atomic E-state index is 0.192. The highest BCUT2D eigenvalue weighted by atomic mass is 16.5. The van der Waals surface area contributed by atoms with Crippen LogP contribution in [0.2, 0.25) is 0 Å². The lowest BCUT2D eigenvalue weighted by molar-refractivity contribution is -0.122. The van der Waals surface area contributed by atoms with Crippen LogP contribution in [0.5, 0.6) is 5.75 Å². The minimum Gasteiger partial charge on any atom is -0.481 e. The monoisotopic (exact) mass is 270 g/mol. The van der Waals surface area contributed by atoms with E-state index in [-0.39, 0.29) is 5.91 Å². The van der Waals surface area contributed by atoms with Gasteiger partial charge in [-0.3, -0.25) is 4.79 Å². The largest absolute Gasteiger partial charge is 0.481 e. The highest BCUT2D eigenvalue weighted by Gasteiger charge is 2.14. The summed E-state index contributed by atoms with van der Waals surface area (Å²) in [6.45, 7) is 2.16. The van der Waals surface area contributed by atoms with Gasteiger partial charge >= 0.3 is 0 Å². The van der Waals surface area contributed by atoms with E-state index >= 15 is 0 Å². The normalized spacial score (nSPS) is 11.7. The fraction of sp³-hybridized carbons (Fsp3) is 0.188. The fourth-order valence-corrected chi connectivity index (χ4v) is 1.78. The van der Waals surface area contributed by atoms with Crippen molar-refractivity contribution in [2.45, 2.75) is 19.6 Å². The van der Waals surface area contributed by atoms with Gasteiger partial charge < -0.3 is 15.8 Å². The molecule has 0 radical (unpaired) electrons. The third-order valence-electron chi connectivity index (χ3n) is 2.86. The Morgan fingerprint density at radius 3 is 2.65 bits per heavy atom. The first kappa shape index (κ1) is 14.1. The Balaban J connectivity index is 1.97. The summed E-state index contributed by atoms with van der Waals surface area (Å²) in [5.74, 6) is 0.480. The molecule has 0 aliphatic carbocycles. The second-order valence-corrected chi connectivity index (χ2v) is 4.47. The number of rotatable bonds is 5. The molecule has 1 unspecified atom stereocenters. The van der Waals surface area contributed by atoms with Crippen molar-refractivity contribution in [1.82, 2.24) is 0 Å². The topological polar surface area (TPSA) is 64.3 Å². The van der Waals surface area contributed by atoms with Crippen molar-refractivity contribution in [3.05, 3.63) is 60.2 Å². The number of nitrogens with two attached hydrogens (primary N) is 1. The average Bonchev–Trinajstić information content (AvgIpc) is 2.48. The van der Waals surface area contributed by atoms with Crippen LogP contribution in [0, 0.1) is 0 Å². The number of amides is 1. The zero-order chi connectivity index (χ0) is 14.4. The van der Waals surface area contributed by atoms with E-state index in [9.17, 15) is 4.79 Å². The van der Waals surface area contributed by atoms with E-state index in [2.05, 4.69) is 5.32 Å². The maximum Gasteiger partial charge on any atom is 0.265 e. The standard InChI is InChI=1S/C16H18N2O2/c1-12(20-15-8-3-2-4-9-15)16(19)18-14-7-5-6-13(10-14)11-17/h2-10,12H,11,17H2,1H3,(H,18,19). The molecule has 0 aromatic heterocycles. The van der Waals surface area contributed by atoms with Crippen LogP contribution in [0.25, 0.3) is 0 Å². The van der Waals surface area contributed by atoms with Gasteiger partial charge in [0.25, 0.3) is 5.91 Å². The zero-order valence-electron chi connectivity index (χ0n) is 11.4. The molecule has 0 aliphatic heterocycles. The quantitative estimate of drug-likeness (QED) is 0.877. The number of hydrogen-bond acceptors (Lipinski definition) is 3. The van der Waals surface area contributed by atoms with Gasteiger partial charge in [-0.05, 0) is 36.8 Å². The summed E-state index contributed by atoms with van der Waals surface area (Å²) in [7, 11) is 0. The maximum atomic E-state index is 12.0. The van der Waals surface area contributed by atoms with Crippen molar-refractivity contribution in [3.63, 3.8) is 0 Å². The Morgan fingerprint density at radius 1 is 1.20 bits per heavy atom. The van der Waals surface area contributed by atoms with Crippen LogP contribution in [-0.4, -0.2) is 12.0 Å². The van der Waals surface area contributed by atoms with E-state index in [1.165, 1.54) is 0 Å². The number of nitrogens with one attached hydrogen (secondary N) is 1. The Morgan fingerprint density at radius 2 is 1.95 bits per heavy atom. The predicted molar refractivity (Wildman–Crippen MR) is 79.5 cm³/mol. The minimum atomic E-state index is -0.570. The van der Waals surface area contributed by atoms with Crippen molar-refractivity contribution in [2.75, 3.05) is 5.32 Å². The molecule has 2 rings (SSSR count). The van der Waals surface area contributed by atoms with E-state index < -0.39 is 6.10 Å². The molecule has 20 heavy (non-hydrogen) atoms. The van der Waals surface area contributed by atoms with Crippen molar-refractivity contribution >= 4 is 11.6 Å². The summed E-state index contributed by atoms with van der Waals surface area (Å²) in [6.07, 6.45) is -0.570.